The first-order valence-electron chi connectivity index (χ1n) is 7.84. The van der Waals surface area contributed by atoms with Crippen LogP contribution in [0.15, 0.2) is 34.7 Å². The topological polar surface area (TPSA) is 79.5 Å². The van der Waals surface area contributed by atoms with Gasteiger partial charge in [0.1, 0.15) is 11.3 Å². The molecule has 3 atom stereocenters. The molecule has 5 nitrogen and oxygen atoms in total. The zero-order chi connectivity index (χ0) is 16.1. The first-order valence-corrected chi connectivity index (χ1v) is 7.84. The van der Waals surface area contributed by atoms with E-state index in [1.165, 1.54) is 17.2 Å². The van der Waals surface area contributed by atoms with E-state index < -0.39 is 5.97 Å². The van der Waals surface area contributed by atoms with Gasteiger partial charge in [-0.1, -0.05) is 31.2 Å². The Bertz CT molecular complexity index is 807. The molecule has 2 aromatic rings. The molecule has 2 aliphatic carbocycles. The van der Waals surface area contributed by atoms with Crippen LogP contribution < -0.4 is 5.32 Å². The van der Waals surface area contributed by atoms with Gasteiger partial charge < -0.3 is 14.8 Å². The van der Waals surface area contributed by atoms with Gasteiger partial charge in [-0.25, -0.2) is 4.79 Å². The molecule has 4 rings (SSSR count). The van der Waals surface area contributed by atoms with E-state index in [1.807, 2.05) is 12.1 Å². The van der Waals surface area contributed by atoms with E-state index in [9.17, 15) is 9.59 Å². The predicted octanol–water partition coefficient (Wildman–Crippen LogP) is 2.61. The quantitative estimate of drug-likeness (QED) is 0.909. The fraction of sp³-hybridized carbons (Fsp3) is 0.333. The number of aryl methyl sites for hydroxylation is 1. The van der Waals surface area contributed by atoms with Crippen molar-refractivity contribution in [2.24, 2.45) is 5.92 Å². The number of rotatable bonds is 4. The maximum absolute atomic E-state index is 12.3. The highest BCUT2D eigenvalue weighted by Crippen LogP contribution is 2.56. The molecule has 0 bridgehead atoms. The average Bonchev–Trinajstić information content (AvgIpc) is 2.93. The zero-order valence-corrected chi connectivity index (χ0v) is 12.7. The molecule has 3 unspecified atom stereocenters. The molecule has 1 amide bonds. The number of benzene rings is 1. The molecular formula is C18H17NO4. The van der Waals surface area contributed by atoms with Crippen LogP contribution in [-0.2, 0) is 12.8 Å². The number of aromatic carboxylic acids is 1. The van der Waals surface area contributed by atoms with E-state index >= 15 is 0 Å². The van der Waals surface area contributed by atoms with Crippen molar-refractivity contribution >= 4 is 11.9 Å². The van der Waals surface area contributed by atoms with Crippen LogP contribution in [0.5, 0.6) is 0 Å². The van der Waals surface area contributed by atoms with E-state index in [0.29, 0.717) is 24.0 Å². The number of carbonyl (C=O) groups excluding carboxylic acids is 1. The zero-order valence-electron chi connectivity index (χ0n) is 12.7. The maximum atomic E-state index is 12.3. The Morgan fingerprint density at radius 1 is 1.35 bits per heavy atom. The Balaban J connectivity index is 1.50. The number of hydrogen-bond donors (Lipinski definition) is 2. The van der Waals surface area contributed by atoms with Crippen LogP contribution in [-0.4, -0.2) is 23.0 Å². The van der Waals surface area contributed by atoms with Crippen LogP contribution in [0, 0.1) is 5.92 Å². The average molecular weight is 311 g/mol. The number of carbonyl (C=O) groups is 2. The Morgan fingerprint density at radius 2 is 2.13 bits per heavy atom. The molecule has 2 N–H and O–H groups in total. The van der Waals surface area contributed by atoms with Crippen LogP contribution in [0.1, 0.15) is 50.6 Å². The molecule has 0 radical (unpaired) electrons. The summed E-state index contributed by atoms with van der Waals surface area (Å²) in [4.78, 5) is 23.5. The highest BCUT2D eigenvalue weighted by atomic mass is 16.4. The lowest BCUT2D eigenvalue weighted by molar-refractivity contribution is 0.0694. The van der Waals surface area contributed by atoms with Gasteiger partial charge in [-0.2, -0.15) is 0 Å². The van der Waals surface area contributed by atoms with Gasteiger partial charge in [0.05, 0.1) is 0 Å². The SMILES string of the molecule is CCc1oc(C(=O)NC2C3Cc4ccccc4C32)cc1C(=O)O. The first kappa shape index (κ1) is 14.1. The molecule has 1 fully saturated rings. The Hall–Kier alpha value is -2.56. The third-order valence-electron chi connectivity index (χ3n) is 4.92. The maximum Gasteiger partial charge on any atom is 0.339 e. The van der Waals surface area contributed by atoms with Gasteiger partial charge in [0, 0.05) is 24.4 Å². The standard InChI is InChI=1S/C18H17NO4/c1-2-13-11(18(21)22)8-14(23-13)17(20)19-16-12-7-9-5-3-4-6-10(9)15(12)16/h3-6,8,12,15-16H,2,7H2,1H3,(H,19,20)(H,21,22). The van der Waals surface area contributed by atoms with Gasteiger partial charge in [-0.15, -0.1) is 0 Å². The second-order valence-corrected chi connectivity index (χ2v) is 6.20. The number of amides is 1. The summed E-state index contributed by atoms with van der Waals surface area (Å²) in [6.45, 7) is 1.80. The van der Waals surface area contributed by atoms with Crippen molar-refractivity contribution in [2.45, 2.75) is 31.7 Å². The Labute approximate surface area is 133 Å². The first-order chi connectivity index (χ1) is 11.1. The molecule has 0 saturated heterocycles. The van der Waals surface area contributed by atoms with E-state index in [0.717, 1.165) is 6.42 Å². The number of carboxylic acid groups (broad SMARTS) is 1. The van der Waals surface area contributed by atoms with Gasteiger partial charge in [-0.05, 0) is 23.5 Å². The fourth-order valence-electron chi connectivity index (χ4n) is 3.75. The summed E-state index contributed by atoms with van der Waals surface area (Å²) in [6, 6.07) is 9.77. The predicted molar refractivity (Wildman–Crippen MR) is 82.7 cm³/mol. The van der Waals surface area contributed by atoms with Crippen molar-refractivity contribution in [3.05, 3.63) is 58.5 Å². The van der Waals surface area contributed by atoms with Gasteiger partial charge in [-0.3, -0.25) is 4.79 Å². The molecule has 0 aliphatic heterocycles. The van der Waals surface area contributed by atoms with E-state index in [-0.39, 0.29) is 23.3 Å². The van der Waals surface area contributed by atoms with Crippen LogP contribution >= 0.6 is 0 Å². The molecule has 2 aliphatic rings. The second-order valence-electron chi connectivity index (χ2n) is 6.20. The van der Waals surface area contributed by atoms with Crippen molar-refractivity contribution < 1.29 is 19.1 Å². The molecular weight excluding hydrogens is 294 g/mol. The lowest BCUT2D eigenvalue weighted by Gasteiger charge is -2.08. The lowest BCUT2D eigenvalue weighted by Crippen LogP contribution is -2.28. The Morgan fingerprint density at radius 3 is 2.83 bits per heavy atom. The summed E-state index contributed by atoms with van der Waals surface area (Å²) in [7, 11) is 0. The third-order valence-corrected chi connectivity index (χ3v) is 4.92. The number of carboxylic acids is 1. The minimum Gasteiger partial charge on any atom is -0.478 e. The Kier molecular flexibility index (Phi) is 3.04. The smallest absolute Gasteiger partial charge is 0.339 e. The molecule has 1 saturated carbocycles. The minimum atomic E-state index is -1.07. The number of hydrogen-bond acceptors (Lipinski definition) is 3. The molecule has 118 valence electrons. The fourth-order valence-corrected chi connectivity index (χ4v) is 3.75. The van der Waals surface area contributed by atoms with E-state index in [1.54, 1.807) is 6.92 Å². The monoisotopic (exact) mass is 311 g/mol. The van der Waals surface area contributed by atoms with Crippen LogP contribution in [0.4, 0.5) is 0 Å². The van der Waals surface area contributed by atoms with Crippen LogP contribution in [0.2, 0.25) is 0 Å². The van der Waals surface area contributed by atoms with Gasteiger partial charge in [0.2, 0.25) is 0 Å². The molecule has 23 heavy (non-hydrogen) atoms. The third kappa shape index (κ3) is 2.15. The van der Waals surface area contributed by atoms with Gasteiger partial charge in [0.15, 0.2) is 5.76 Å². The molecule has 1 heterocycles. The minimum absolute atomic E-state index is 0.0685. The second kappa shape index (κ2) is 4.98. The van der Waals surface area contributed by atoms with Gasteiger partial charge >= 0.3 is 5.97 Å². The van der Waals surface area contributed by atoms with Crippen LogP contribution in [0.25, 0.3) is 0 Å². The summed E-state index contributed by atoms with van der Waals surface area (Å²) < 4.78 is 5.41. The van der Waals surface area contributed by atoms with Crippen molar-refractivity contribution in [1.82, 2.24) is 5.32 Å². The van der Waals surface area contributed by atoms with E-state index in [2.05, 4.69) is 17.4 Å². The molecule has 1 aromatic heterocycles. The number of nitrogens with one attached hydrogen (secondary N) is 1. The number of furan rings is 1. The number of fused-ring (bicyclic) bond motifs is 3. The summed E-state index contributed by atoms with van der Waals surface area (Å²) in [5.41, 5.74) is 2.76. The van der Waals surface area contributed by atoms with E-state index in [4.69, 9.17) is 9.52 Å². The summed E-state index contributed by atoms with van der Waals surface area (Å²) >= 11 is 0. The normalized spacial score (nSPS) is 24.0. The largest absolute Gasteiger partial charge is 0.478 e. The van der Waals surface area contributed by atoms with Crippen molar-refractivity contribution in [2.75, 3.05) is 0 Å². The van der Waals surface area contributed by atoms with Crippen molar-refractivity contribution in [3.8, 4) is 0 Å². The highest BCUT2D eigenvalue weighted by molar-refractivity contribution is 5.96. The molecule has 0 spiro atoms. The highest BCUT2D eigenvalue weighted by Gasteiger charge is 2.56. The molecule has 1 aromatic carbocycles. The van der Waals surface area contributed by atoms with Crippen LogP contribution in [0.3, 0.4) is 0 Å². The molecule has 5 heteroatoms. The summed E-state index contributed by atoms with van der Waals surface area (Å²) in [6.07, 6.45) is 1.43. The van der Waals surface area contributed by atoms with Gasteiger partial charge in [0.25, 0.3) is 5.91 Å². The summed E-state index contributed by atoms with van der Waals surface area (Å²) in [5.74, 6) is -0.141. The van der Waals surface area contributed by atoms with Crippen molar-refractivity contribution in [1.29, 1.82) is 0 Å². The lowest BCUT2D eigenvalue weighted by atomic mass is 10.1. The van der Waals surface area contributed by atoms with Crippen molar-refractivity contribution in [3.63, 3.8) is 0 Å². The summed E-state index contributed by atoms with van der Waals surface area (Å²) in [5, 5.41) is 12.1.